The molecule has 0 bridgehead atoms. The minimum absolute atomic E-state index is 0.140. The Bertz CT molecular complexity index is 749. The van der Waals surface area contributed by atoms with Crippen molar-refractivity contribution < 1.29 is 4.42 Å². The lowest BCUT2D eigenvalue weighted by molar-refractivity contribution is 0.510. The van der Waals surface area contributed by atoms with Gasteiger partial charge in [-0.2, -0.15) is 0 Å². The number of hydrogen-bond acceptors (Lipinski definition) is 4. The van der Waals surface area contributed by atoms with Gasteiger partial charge in [0.2, 0.25) is 0 Å². The van der Waals surface area contributed by atoms with Gasteiger partial charge in [0.15, 0.2) is 5.22 Å². The van der Waals surface area contributed by atoms with Crippen molar-refractivity contribution in [3.63, 3.8) is 0 Å². The second kappa shape index (κ2) is 5.89. The van der Waals surface area contributed by atoms with Crippen molar-refractivity contribution in [1.82, 2.24) is 15.0 Å². The summed E-state index contributed by atoms with van der Waals surface area (Å²) in [5, 5.41) is 0.358. The highest BCUT2D eigenvalue weighted by Crippen LogP contribution is 2.27. The molecule has 3 rings (SSSR count). The van der Waals surface area contributed by atoms with Gasteiger partial charge in [-0.15, -0.1) is 0 Å². The lowest BCUT2D eigenvalue weighted by atomic mass is 10.1. The van der Waals surface area contributed by atoms with Gasteiger partial charge in [0.25, 0.3) is 0 Å². The van der Waals surface area contributed by atoms with Gasteiger partial charge in [-0.25, -0.2) is 4.98 Å². The Balaban J connectivity index is 1.98. The molecule has 21 heavy (non-hydrogen) atoms. The molecule has 0 saturated carbocycles. The Hall–Kier alpha value is -1.82. The zero-order valence-corrected chi connectivity index (χ0v) is 12.5. The number of benzene rings is 1. The summed E-state index contributed by atoms with van der Waals surface area (Å²) < 4.78 is 7.33. The lowest BCUT2D eigenvalue weighted by Crippen LogP contribution is -2.30. The van der Waals surface area contributed by atoms with E-state index in [0.29, 0.717) is 11.6 Å². The SMILES string of the molecule is CCn1c(CC(NN)c2ccoc2Cl)nc2ccccc21. The van der Waals surface area contributed by atoms with Gasteiger partial charge < -0.3 is 8.98 Å². The number of imidazole rings is 1. The molecule has 2 heterocycles. The molecule has 0 radical (unpaired) electrons. The van der Waals surface area contributed by atoms with Crippen LogP contribution in [0.2, 0.25) is 5.22 Å². The van der Waals surface area contributed by atoms with Crippen LogP contribution < -0.4 is 11.3 Å². The first kappa shape index (κ1) is 14.1. The normalized spacial score (nSPS) is 12.9. The molecule has 1 unspecified atom stereocenters. The summed E-state index contributed by atoms with van der Waals surface area (Å²) in [6, 6.07) is 9.78. The first-order valence-electron chi connectivity index (χ1n) is 6.87. The summed E-state index contributed by atoms with van der Waals surface area (Å²) in [6.45, 7) is 2.96. The van der Waals surface area contributed by atoms with Crippen LogP contribution in [0, 0.1) is 0 Å². The summed E-state index contributed by atoms with van der Waals surface area (Å²) in [6.07, 6.45) is 2.20. The van der Waals surface area contributed by atoms with Gasteiger partial charge >= 0.3 is 0 Å². The quantitative estimate of drug-likeness (QED) is 0.561. The molecule has 110 valence electrons. The number of fused-ring (bicyclic) bond motifs is 1. The zero-order valence-electron chi connectivity index (χ0n) is 11.7. The molecule has 0 saturated heterocycles. The molecule has 0 aliphatic carbocycles. The topological polar surface area (TPSA) is 69.0 Å². The van der Waals surface area contributed by atoms with E-state index in [1.807, 2.05) is 24.3 Å². The molecule has 0 aliphatic heterocycles. The van der Waals surface area contributed by atoms with E-state index in [4.69, 9.17) is 26.8 Å². The minimum Gasteiger partial charge on any atom is -0.453 e. The molecule has 1 atom stereocenters. The Kier molecular flexibility index (Phi) is 3.96. The Morgan fingerprint density at radius 2 is 2.19 bits per heavy atom. The van der Waals surface area contributed by atoms with Crippen LogP contribution in [0.25, 0.3) is 11.0 Å². The van der Waals surface area contributed by atoms with E-state index in [0.717, 1.165) is 29.0 Å². The number of hydrogen-bond donors (Lipinski definition) is 2. The summed E-state index contributed by atoms with van der Waals surface area (Å²) in [7, 11) is 0. The van der Waals surface area contributed by atoms with E-state index in [1.165, 1.54) is 0 Å². The third-order valence-corrected chi connectivity index (χ3v) is 3.97. The second-order valence-corrected chi connectivity index (χ2v) is 5.18. The van der Waals surface area contributed by atoms with Crippen molar-refractivity contribution in [3.8, 4) is 0 Å². The van der Waals surface area contributed by atoms with Gasteiger partial charge in [-0.1, -0.05) is 12.1 Å². The Morgan fingerprint density at radius 3 is 2.86 bits per heavy atom. The zero-order chi connectivity index (χ0) is 14.8. The number of nitrogens with two attached hydrogens (primary N) is 1. The highest BCUT2D eigenvalue weighted by Gasteiger charge is 2.19. The fourth-order valence-electron chi connectivity index (χ4n) is 2.63. The first-order valence-corrected chi connectivity index (χ1v) is 7.25. The molecule has 5 nitrogen and oxygen atoms in total. The van der Waals surface area contributed by atoms with Crippen LogP contribution in [-0.2, 0) is 13.0 Å². The monoisotopic (exact) mass is 304 g/mol. The highest BCUT2D eigenvalue weighted by atomic mass is 35.5. The minimum atomic E-state index is -0.140. The summed E-state index contributed by atoms with van der Waals surface area (Å²) >= 11 is 6.04. The molecule has 2 aromatic heterocycles. The number of aromatic nitrogens is 2. The van der Waals surface area contributed by atoms with E-state index < -0.39 is 0 Å². The molecule has 3 aromatic rings. The number of aryl methyl sites for hydroxylation is 1. The number of para-hydroxylation sites is 2. The van der Waals surface area contributed by atoms with E-state index in [1.54, 1.807) is 6.26 Å². The lowest BCUT2D eigenvalue weighted by Gasteiger charge is -2.15. The number of nitrogens with one attached hydrogen (secondary N) is 1. The van der Waals surface area contributed by atoms with E-state index in [-0.39, 0.29) is 6.04 Å². The van der Waals surface area contributed by atoms with Crippen molar-refractivity contribution in [2.75, 3.05) is 0 Å². The standard InChI is InChI=1S/C15H17ClN4O/c1-2-20-13-6-4-3-5-11(13)18-14(20)9-12(19-17)10-7-8-21-15(10)16/h3-8,12,19H,2,9,17H2,1H3. The van der Waals surface area contributed by atoms with E-state index in [9.17, 15) is 0 Å². The van der Waals surface area contributed by atoms with Crippen LogP contribution in [0.3, 0.4) is 0 Å². The van der Waals surface area contributed by atoms with Crippen LogP contribution >= 0.6 is 11.6 Å². The van der Waals surface area contributed by atoms with E-state index >= 15 is 0 Å². The van der Waals surface area contributed by atoms with Crippen LogP contribution in [0.5, 0.6) is 0 Å². The summed E-state index contributed by atoms with van der Waals surface area (Å²) in [4.78, 5) is 4.70. The molecule has 6 heteroatoms. The average Bonchev–Trinajstić information content (AvgIpc) is 3.07. The second-order valence-electron chi connectivity index (χ2n) is 4.83. The fraction of sp³-hybridized carbons (Fsp3) is 0.267. The number of rotatable bonds is 5. The van der Waals surface area contributed by atoms with Crippen molar-refractivity contribution in [2.24, 2.45) is 5.84 Å². The smallest absolute Gasteiger partial charge is 0.197 e. The maximum atomic E-state index is 6.04. The summed E-state index contributed by atoms with van der Waals surface area (Å²) in [5.41, 5.74) is 5.75. The number of furan rings is 1. The van der Waals surface area contributed by atoms with Crippen LogP contribution in [0.4, 0.5) is 0 Å². The molecule has 0 aliphatic rings. The van der Waals surface area contributed by atoms with Gasteiger partial charge in [0, 0.05) is 18.5 Å². The molecule has 3 N–H and O–H groups in total. The molecule has 0 fully saturated rings. The molecule has 0 amide bonds. The van der Waals surface area contributed by atoms with Crippen LogP contribution in [0.1, 0.15) is 24.4 Å². The van der Waals surface area contributed by atoms with Crippen molar-refractivity contribution in [3.05, 3.63) is 53.2 Å². The fourth-order valence-corrected chi connectivity index (χ4v) is 2.88. The van der Waals surface area contributed by atoms with Crippen molar-refractivity contribution >= 4 is 22.6 Å². The van der Waals surface area contributed by atoms with Crippen LogP contribution in [-0.4, -0.2) is 9.55 Å². The molecule has 0 spiro atoms. The highest BCUT2D eigenvalue weighted by molar-refractivity contribution is 6.29. The predicted octanol–water partition coefficient (Wildman–Crippen LogP) is 3.05. The third-order valence-electron chi connectivity index (χ3n) is 3.66. The Labute approximate surface area is 127 Å². The van der Waals surface area contributed by atoms with Crippen molar-refractivity contribution in [1.29, 1.82) is 0 Å². The number of hydrazine groups is 1. The number of halogens is 1. The maximum absolute atomic E-state index is 6.04. The van der Waals surface area contributed by atoms with Gasteiger partial charge in [0.1, 0.15) is 5.82 Å². The maximum Gasteiger partial charge on any atom is 0.197 e. The largest absolute Gasteiger partial charge is 0.453 e. The van der Waals surface area contributed by atoms with Gasteiger partial charge in [-0.3, -0.25) is 11.3 Å². The van der Waals surface area contributed by atoms with Gasteiger partial charge in [-0.05, 0) is 36.7 Å². The average molecular weight is 305 g/mol. The molecular formula is C15H17ClN4O. The van der Waals surface area contributed by atoms with E-state index in [2.05, 4.69) is 23.0 Å². The molecular weight excluding hydrogens is 288 g/mol. The first-order chi connectivity index (χ1) is 10.2. The third kappa shape index (κ3) is 2.55. The van der Waals surface area contributed by atoms with Crippen molar-refractivity contribution in [2.45, 2.75) is 25.9 Å². The van der Waals surface area contributed by atoms with Gasteiger partial charge in [0.05, 0.1) is 23.3 Å². The number of nitrogens with zero attached hydrogens (tertiary/aromatic N) is 2. The van der Waals surface area contributed by atoms with Crippen LogP contribution in [0.15, 0.2) is 41.0 Å². The molecule has 1 aromatic carbocycles. The summed E-state index contributed by atoms with van der Waals surface area (Å²) in [5.74, 6) is 6.65. The predicted molar refractivity (Wildman–Crippen MR) is 82.9 cm³/mol. The Morgan fingerprint density at radius 1 is 1.38 bits per heavy atom.